The van der Waals surface area contributed by atoms with Crippen LogP contribution in [0.3, 0.4) is 0 Å². The van der Waals surface area contributed by atoms with Crippen LogP contribution in [0.4, 0.5) is 5.69 Å². The lowest BCUT2D eigenvalue weighted by Gasteiger charge is -2.21. The summed E-state index contributed by atoms with van der Waals surface area (Å²) in [6, 6.07) is 16.0. The number of para-hydroxylation sites is 1. The highest BCUT2D eigenvalue weighted by Gasteiger charge is 2.22. The predicted molar refractivity (Wildman–Crippen MR) is 119 cm³/mol. The molecule has 0 atom stereocenters. The van der Waals surface area contributed by atoms with Crippen molar-refractivity contribution in [2.24, 2.45) is 0 Å². The molecule has 4 nitrogen and oxygen atoms in total. The van der Waals surface area contributed by atoms with Crippen molar-refractivity contribution in [3.8, 4) is 0 Å². The van der Waals surface area contributed by atoms with Crippen LogP contribution in [0.15, 0.2) is 53.3 Å². The van der Waals surface area contributed by atoms with Gasteiger partial charge in [-0.05, 0) is 50.8 Å². The molecule has 1 aromatic heterocycles. The van der Waals surface area contributed by atoms with Gasteiger partial charge in [-0.15, -0.1) is 0 Å². The lowest BCUT2D eigenvalue weighted by Crippen LogP contribution is -2.30. The average Bonchev–Trinajstić information content (AvgIpc) is 2.70. The Morgan fingerprint density at radius 1 is 0.931 bits per heavy atom. The lowest BCUT2D eigenvalue weighted by molar-refractivity contribution is 0.102. The van der Waals surface area contributed by atoms with Crippen molar-refractivity contribution in [2.45, 2.75) is 47.6 Å². The first-order valence-corrected chi connectivity index (χ1v) is 9.99. The number of aryl methyl sites for hydroxylation is 2. The van der Waals surface area contributed by atoms with Gasteiger partial charge in [0.05, 0.1) is 0 Å². The summed E-state index contributed by atoms with van der Waals surface area (Å²) in [4.78, 5) is 26.3. The van der Waals surface area contributed by atoms with Crippen molar-refractivity contribution < 1.29 is 4.79 Å². The third-order valence-corrected chi connectivity index (χ3v) is 5.56. The molecule has 0 aliphatic heterocycles. The standard InChI is InChI=1S/C25H28N2O2/c1-6-21-18(4)24(28)22(19(5)27(21)15-20-13-8-7-9-14-20)25(29)26-23-16(2)11-10-12-17(23)3/h7-14H,6,15H2,1-5H3,(H,26,29). The van der Waals surface area contributed by atoms with Gasteiger partial charge in [0.1, 0.15) is 5.56 Å². The molecule has 3 rings (SSSR count). The van der Waals surface area contributed by atoms with Gasteiger partial charge >= 0.3 is 0 Å². The van der Waals surface area contributed by atoms with E-state index in [9.17, 15) is 9.59 Å². The molecular weight excluding hydrogens is 360 g/mol. The molecule has 0 saturated heterocycles. The van der Waals surface area contributed by atoms with Gasteiger partial charge < -0.3 is 9.88 Å². The number of nitrogens with one attached hydrogen (secondary N) is 1. The zero-order chi connectivity index (χ0) is 21.1. The van der Waals surface area contributed by atoms with Crippen molar-refractivity contribution in [3.63, 3.8) is 0 Å². The SMILES string of the molecule is CCc1c(C)c(=O)c(C(=O)Nc2c(C)cccc2C)c(C)n1Cc1ccccc1. The minimum atomic E-state index is -0.350. The number of aromatic nitrogens is 1. The second-order valence-corrected chi connectivity index (χ2v) is 7.51. The third kappa shape index (κ3) is 4.02. The van der Waals surface area contributed by atoms with Crippen molar-refractivity contribution in [1.29, 1.82) is 0 Å². The number of carbonyl (C=O) groups is 1. The van der Waals surface area contributed by atoms with Crippen LogP contribution in [0, 0.1) is 27.7 Å². The van der Waals surface area contributed by atoms with Crippen LogP contribution in [0.1, 0.15) is 50.9 Å². The molecule has 0 fully saturated rings. The van der Waals surface area contributed by atoms with Crippen LogP contribution in [0.5, 0.6) is 0 Å². The van der Waals surface area contributed by atoms with Crippen molar-refractivity contribution in [2.75, 3.05) is 5.32 Å². The first kappa shape index (κ1) is 20.6. The third-order valence-electron chi connectivity index (χ3n) is 5.56. The first-order chi connectivity index (χ1) is 13.8. The monoisotopic (exact) mass is 388 g/mol. The van der Waals surface area contributed by atoms with Gasteiger partial charge in [0, 0.05) is 29.2 Å². The average molecular weight is 389 g/mol. The number of benzene rings is 2. The molecule has 1 heterocycles. The van der Waals surface area contributed by atoms with Crippen LogP contribution < -0.4 is 10.7 Å². The van der Waals surface area contributed by atoms with E-state index < -0.39 is 0 Å². The topological polar surface area (TPSA) is 51.1 Å². The van der Waals surface area contributed by atoms with Gasteiger partial charge in [0.15, 0.2) is 5.43 Å². The summed E-state index contributed by atoms with van der Waals surface area (Å²) in [6.45, 7) is 10.3. The number of hydrogen-bond acceptors (Lipinski definition) is 2. The zero-order valence-electron chi connectivity index (χ0n) is 17.8. The minimum Gasteiger partial charge on any atom is -0.343 e. The number of anilines is 1. The van der Waals surface area contributed by atoms with Gasteiger partial charge in [-0.1, -0.05) is 55.5 Å². The van der Waals surface area contributed by atoms with E-state index in [1.165, 1.54) is 0 Å². The highest BCUT2D eigenvalue weighted by Crippen LogP contribution is 2.22. The van der Waals surface area contributed by atoms with Gasteiger partial charge in [0.2, 0.25) is 0 Å². The molecule has 0 bridgehead atoms. The Morgan fingerprint density at radius 2 is 1.55 bits per heavy atom. The second-order valence-electron chi connectivity index (χ2n) is 7.51. The molecule has 0 radical (unpaired) electrons. The molecule has 0 saturated carbocycles. The van der Waals surface area contributed by atoms with Crippen LogP contribution in [0.25, 0.3) is 0 Å². The fourth-order valence-electron chi connectivity index (χ4n) is 3.91. The lowest BCUT2D eigenvalue weighted by atomic mass is 10.0. The quantitative estimate of drug-likeness (QED) is 0.673. The van der Waals surface area contributed by atoms with Gasteiger partial charge in [-0.25, -0.2) is 0 Å². The maximum atomic E-state index is 13.2. The largest absolute Gasteiger partial charge is 0.343 e. The second kappa shape index (κ2) is 8.48. The van der Waals surface area contributed by atoms with E-state index in [2.05, 4.69) is 22.0 Å². The van der Waals surface area contributed by atoms with E-state index in [-0.39, 0.29) is 16.9 Å². The molecular formula is C25H28N2O2. The van der Waals surface area contributed by atoms with E-state index in [1.54, 1.807) is 0 Å². The van der Waals surface area contributed by atoms with E-state index >= 15 is 0 Å². The Bertz CT molecular complexity index is 1090. The van der Waals surface area contributed by atoms with Gasteiger partial charge in [-0.2, -0.15) is 0 Å². The Kier molecular flexibility index (Phi) is 6.02. The summed E-state index contributed by atoms with van der Waals surface area (Å²) in [5, 5.41) is 2.98. The number of carbonyl (C=O) groups excluding carboxylic acids is 1. The molecule has 29 heavy (non-hydrogen) atoms. The van der Waals surface area contributed by atoms with Crippen LogP contribution >= 0.6 is 0 Å². The van der Waals surface area contributed by atoms with E-state index in [0.717, 1.165) is 34.5 Å². The van der Waals surface area contributed by atoms with Crippen LogP contribution in [-0.4, -0.2) is 10.5 Å². The molecule has 4 heteroatoms. The molecule has 1 amide bonds. The summed E-state index contributed by atoms with van der Waals surface area (Å²) in [5.41, 5.74) is 6.19. The summed E-state index contributed by atoms with van der Waals surface area (Å²) in [7, 11) is 0. The molecule has 2 aromatic carbocycles. The van der Waals surface area contributed by atoms with Gasteiger partial charge in [0.25, 0.3) is 5.91 Å². The summed E-state index contributed by atoms with van der Waals surface area (Å²) in [5.74, 6) is -0.350. The predicted octanol–water partition coefficient (Wildman–Crippen LogP) is 4.94. The highest BCUT2D eigenvalue weighted by atomic mass is 16.2. The number of pyridine rings is 1. The maximum absolute atomic E-state index is 13.2. The van der Waals surface area contributed by atoms with Crippen molar-refractivity contribution in [3.05, 3.63) is 98.0 Å². The summed E-state index contributed by atoms with van der Waals surface area (Å²) < 4.78 is 2.10. The Labute approximate surface area is 172 Å². The molecule has 1 N–H and O–H groups in total. The van der Waals surface area contributed by atoms with Crippen LogP contribution in [0.2, 0.25) is 0 Å². The number of rotatable bonds is 5. The molecule has 150 valence electrons. The van der Waals surface area contributed by atoms with Gasteiger partial charge in [-0.3, -0.25) is 9.59 Å². The van der Waals surface area contributed by atoms with E-state index in [4.69, 9.17) is 0 Å². The summed E-state index contributed by atoms with van der Waals surface area (Å²) in [6.07, 6.45) is 0.730. The molecule has 3 aromatic rings. The van der Waals surface area contributed by atoms with Crippen LogP contribution in [-0.2, 0) is 13.0 Å². The van der Waals surface area contributed by atoms with Crippen molar-refractivity contribution >= 4 is 11.6 Å². The maximum Gasteiger partial charge on any atom is 0.261 e. The molecule has 0 aliphatic rings. The Balaban J connectivity index is 2.11. The fraction of sp³-hybridized carbons (Fsp3) is 0.280. The number of hydrogen-bond donors (Lipinski definition) is 1. The normalized spacial score (nSPS) is 10.8. The molecule has 0 unspecified atom stereocenters. The summed E-state index contributed by atoms with van der Waals surface area (Å²) >= 11 is 0. The smallest absolute Gasteiger partial charge is 0.261 e. The first-order valence-electron chi connectivity index (χ1n) is 9.99. The zero-order valence-corrected chi connectivity index (χ0v) is 17.8. The molecule has 0 spiro atoms. The Morgan fingerprint density at radius 3 is 2.14 bits per heavy atom. The highest BCUT2D eigenvalue weighted by molar-refractivity contribution is 6.05. The minimum absolute atomic E-state index is 0.188. The fourth-order valence-corrected chi connectivity index (χ4v) is 3.91. The molecule has 0 aliphatic carbocycles. The number of amides is 1. The number of nitrogens with zero attached hydrogens (tertiary/aromatic N) is 1. The Hall–Kier alpha value is -3.14. The van der Waals surface area contributed by atoms with E-state index in [0.29, 0.717) is 17.8 Å². The van der Waals surface area contributed by atoms with E-state index in [1.807, 2.05) is 71.0 Å². The van der Waals surface area contributed by atoms with Crippen molar-refractivity contribution in [1.82, 2.24) is 4.57 Å².